The lowest BCUT2D eigenvalue weighted by Crippen LogP contribution is -2.07. The number of aryl methyl sites for hydroxylation is 1. The average Bonchev–Trinajstić information content (AvgIpc) is 2.43. The van der Waals surface area contributed by atoms with Crippen molar-refractivity contribution in [3.8, 4) is 11.6 Å². The molecule has 0 fully saturated rings. The lowest BCUT2D eigenvalue weighted by molar-refractivity contribution is 0.451. The van der Waals surface area contributed by atoms with Crippen molar-refractivity contribution in [3.05, 3.63) is 40.7 Å². The summed E-state index contributed by atoms with van der Waals surface area (Å²) in [6, 6.07) is 5.68. The summed E-state index contributed by atoms with van der Waals surface area (Å²) >= 11 is 6.19. The van der Waals surface area contributed by atoms with Gasteiger partial charge in [0.05, 0.1) is 10.6 Å². The zero-order chi connectivity index (χ0) is 15.4. The molecule has 0 amide bonds. The van der Waals surface area contributed by atoms with E-state index >= 15 is 0 Å². The van der Waals surface area contributed by atoms with Gasteiger partial charge in [-0.3, -0.25) is 0 Å². The van der Waals surface area contributed by atoms with Crippen LogP contribution in [0.5, 0.6) is 11.6 Å². The lowest BCUT2D eigenvalue weighted by Gasteiger charge is -2.17. The standard InChI is InChI=1S/C16H20ClN3O/c1-5-18-15-14(10(2)3)16(20-9-19-15)21-13-8-11(4)6-7-12(13)17/h6-10H,5H2,1-4H3,(H,18,19,20). The Labute approximate surface area is 130 Å². The van der Waals surface area contributed by atoms with Crippen molar-refractivity contribution in [2.45, 2.75) is 33.6 Å². The van der Waals surface area contributed by atoms with Crippen molar-refractivity contribution < 1.29 is 4.74 Å². The number of nitrogens with one attached hydrogen (secondary N) is 1. The maximum absolute atomic E-state index is 6.19. The molecule has 112 valence electrons. The van der Waals surface area contributed by atoms with Gasteiger partial charge in [0.1, 0.15) is 17.9 Å². The Hall–Kier alpha value is -1.81. The molecule has 0 spiro atoms. The second-order valence-corrected chi connectivity index (χ2v) is 5.57. The third kappa shape index (κ3) is 3.64. The Kier molecular flexibility index (Phi) is 5.02. The summed E-state index contributed by atoms with van der Waals surface area (Å²) in [6.07, 6.45) is 1.50. The molecule has 0 bridgehead atoms. The highest BCUT2D eigenvalue weighted by Crippen LogP contribution is 2.35. The molecule has 0 saturated carbocycles. The van der Waals surface area contributed by atoms with E-state index in [0.717, 1.165) is 23.5 Å². The molecule has 5 heteroatoms. The van der Waals surface area contributed by atoms with Crippen molar-refractivity contribution in [1.29, 1.82) is 0 Å². The Bertz CT molecular complexity index is 629. The Morgan fingerprint density at radius 2 is 2.05 bits per heavy atom. The van der Waals surface area contributed by atoms with E-state index in [0.29, 0.717) is 16.7 Å². The molecule has 0 unspecified atom stereocenters. The van der Waals surface area contributed by atoms with E-state index in [9.17, 15) is 0 Å². The molecular formula is C16H20ClN3O. The molecule has 2 rings (SSSR count). The predicted molar refractivity (Wildman–Crippen MR) is 86.5 cm³/mol. The van der Waals surface area contributed by atoms with Gasteiger partial charge in [0.2, 0.25) is 5.88 Å². The van der Waals surface area contributed by atoms with Gasteiger partial charge in [-0.25, -0.2) is 9.97 Å². The molecule has 21 heavy (non-hydrogen) atoms. The summed E-state index contributed by atoms with van der Waals surface area (Å²) in [4.78, 5) is 8.57. The zero-order valence-corrected chi connectivity index (χ0v) is 13.5. The summed E-state index contributed by atoms with van der Waals surface area (Å²) in [5.74, 6) is 2.20. The van der Waals surface area contributed by atoms with Crippen LogP contribution in [-0.2, 0) is 0 Å². The number of nitrogens with zero attached hydrogens (tertiary/aromatic N) is 2. The van der Waals surface area contributed by atoms with E-state index in [4.69, 9.17) is 16.3 Å². The highest BCUT2D eigenvalue weighted by Gasteiger charge is 2.17. The summed E-state index contributed by atoms with van der Waals surface area (Å²) in [6.45, 7) is 9.00. The second-order valence-electron chi connectivity index (χ2n) is 5.16. The van der Waals surface area contributed by atoms with Crippen LogP contribution in [0.15, 0.2) is 24.5 Å². The van der Waals surface area contributed by atoms with Gasteiger partial charge in [-0.1, -0.05) is 31.5 Å². The first kappa shape index (κ1) is 15.6. The third-order valence-electron chi connectivity index (χ3n) is 3.06. The molecule has 0 aliphatic carbocycles. The molecule has 1 N–H and O–H groups in total. The molecule has 0 atom stereocenters. The summed E-state index contributed by atoms with van der Waals surface area (Å²) < 4.78 is 5.95. The van der Waals surface area contributed by atoms with Crippen LogP contribution in [-0.4, -0.2) is 16.5 Å². The molecule has 1 aromatic carbocycles. The number of halogens is 1. The maximum Gasteiger partial charge on any atom is 0.227 e. The molecule has 1 heterocycles. The van der Waals surface area contributed by atoms with E-state index in [1.165, 1.54) is 6.33 Å². The summed E-state index contributed by atoms with van der Waals surface area (Å²) in [5, 5.41) is 3.81. The van der Waals surface area contributed by atoms with Crippen molar-refractivity contribution >= 4 is 17.4 Å². The smallest absolute Gasteiger partial charge is 0.227 e. The van der Waals surface area contributed by atoms with E-state index in [1.807, 2.05) is 32.0 Å². The number of rotatable bonds is 5. The van der Waals surface area contributed by atoms with Crippen LogP contribution in [0.25, 0.3) is 0 Å². The molecule has 1 aromatic heterocycles. The molecule has 0 radical (unpaired) electrons. The largest absolute Gasteiger partial charge is 0.437 e. The molecule has 4 nitrogen and oxygen atoms in total. The fourth-order valence-corrected chi connectivity index (χ4v) is 2.24. The fraction of sp³-hybridized carbons (Fsp3) is 0.375. The van der Waals surface area contributed by atoms with Crippen molar-refractivity contribution in [3.63, 3.8) is 0 Å². The van der Waals surface area contributed by atoms with Gasteiger partial charge in [-0.05, 0) is 37.5 Å². The van der Waals surface area contributed by atoms with E-state index in [2.05, 4.69) is 29.1 Å². The van der Waals surface area contributed by atoms with E-state index < -0.39 is 0 Å². The number of aromatic nitrogens is 2. The first-order valence-corrected chi connectivity index (χ1v) is 7.43. The zero-order valence-electron chi connectivity index (χ0n) is 12.8. The monoisotopic (exact) mass is 305 g/mol. The quantitative estimate of drug-likeness (QED) is 0.863. The van der Waals surface area contributed by atoms with Crippen molar-refractivity contribution in [2.24, 2.45) is 0 Å². The SMILES string of the molecule is CCNc1ncnc(Oc2cc(C)ccc2Cl)c1C(C)C. The van der Waals surface area contributed by atoms with Crippen LogP contribution in [0.2, 0.25) is 5.02 Å². The molecular weight excluding hydrogens is 286 g/mol. The molecule has 0 aliphatic rings. The molecule has 2 aromatic rings. The second kappa shape index (κ2) is 6.76. The number of hydrogen-bond acceptors (Lipinski definition) is 4. The molecule has 0 aliphatic heterocycles. The average molecular weight is 306 g/mol. The highest BCUT2D eigenvalue weighted by molar-refractivity contribution is 6.32. The molecule has 0 saturated heterocycles. The predicted octanol–water partition coefficient (Wildman–Crippen LogP) is 4.79. The van der Waals surface area contributed by atoms with Gasteiger partial charge in [0, 0.05) is 6.54 Å². The van der Waals surface area contributed by atoms with Crippen LogP contribution < -0.4 is 10.1 Å². The van der Waals surface area contributed by atoms with Gasteiger partial charge in [0.15, 0.2) is 0 Å². The van der Waals surface area contributed by atoms with Gasteiger partial charge in [0.25, 0.3) is 0 Å². The van der Waals surface area contributed by atoms with E-state index in [1.54, 1.807) is 0 Å². The topological polar surface area (TPSA) is 47.0 Å². The maximum atomic E-state index is 6.19. The summed E-state index contributed by atoms with van der Waals surface area (Å²) in [7, 11) is 0. The van der Waals surface area contributed by atoms with Gasteiger partial charge < -0.3 is 10.1 Å². The lowest BCUT2D eigenvalue weighted by atomic mass is 10.1. The minimum absolute atomic E-state index is 0.235. The fourth-order valence-electron chi connectivity index (χ4n) is 2.08. The first-order valence-electron chi connectivity index (χ1n) is 7.05. The van der Waals surface area contributed by atoms with Crippen LogP contribution in [0.4, 0.5) is 5.82 Å². The Morgan fingerprint density at radius 3 is 2.71 bits per heavy atom. The van der Waals surface area contributed by atoms with Crippen LogP contribution >= 0.6 is 11.6 Å². The highest BCUT2D eigenvalue weighted by atomic mass is 35.5. The minimum Gasteiger partial charge on any atom is -0.437 e. The number of anilines is 1. The van der Waals surface area contributed by atoms with Crippen molar-refractivity contribution in [2.75, 3.05) is 11.9 Å². The number of ether oxygens (including phenoxy) is 1. The van der Waals surface area contributed by atoms with Gasteiger partial charge in [-0.2, -0.15) is 0 Å². The number of hydrogen-bond donors (Lipinski definition) is 1. The van der Waals surface area contributed by atoms with Crippen molar-refractivity contribution in [1.82, 2.24) is 9.97 Å². The van der Waals surface area contributed by atoms with Gasteiger partial charge in [-0.15, -0.1) is 0 Å². The van der Waals surface area contributed by atoms with Gasteiger partial charge >= 0.3 is 0 Å². The number of benzene rings is 1. The van der Waals surface area contributed by atoms with E-state index in [-0.39, 0.29) is 5.92 Å². The summed E-state index contributed by atoms with van der Waals surface area (Å²) in [5.41, 5.74) is 2.04. The minimum atomic E-state index is 0.235. The van der Waals surface area contributed by atoms with Crippen LogP contribution in [0.3, 0.4) is 0 Å². The first-order chi connectivity index (χ1) is 10.0. The van der Waals surface area contributed by atoms with Crippen LogP contribution in [0, 0.1) is 6.92 Å². The normalized spacial score (nSPS) is 10.8. The third-order valence-corrected chi connectivity index (χ3v) is 3.37. The Morgan fingerprint density at radius 1 is 1.29 bits per heavy atom. The Balaban J connectivity index is 2.43. The van der Waals surface area contributed by atoms with Crippen LogP contribution in [0.1, 0.15) is 37.8 Å².